The van der Waals surface area contributed by atoms with Crippen molar-refractivity contribution in [3.63, 3.8) is 0 Å². The Kier molecular flexibility index (Phi) is 2.05. The van der Waals surface area contributed by atoms with Crippen molar-refractivity contribution in [3.05, 3.63) is 23.9 Å². The van der Waals surface area contributed by atoms with Crippen LogP contribution in [0.2, 0.25) is 0 Å². The Morgan fingerprint density at radius 2 is 2.07 bits per heavy atom. The Hall–Kier alpha value is -1.33. The molecule has 0 bridgehead atoms. The predicted octanol–water partition coefficient (Wildman–Crippen LogP) is -0.438. The van der Waals surface area contributed by atoms with Gasteiger partial charge >= 0.3 is 7.12 Å². The highest BCUT2D eigenvalue weighted by atomic mass is 16.4. The molecule has 0 aliphatic rings. The van der Waals surface area contributed by atoms with Crippen LogP contribution < -0.4 is 5.46 Å². The molecule has 0 aliphatic carbocycles. The molecule has 5 heteroatoms. The highest BCUT2D eigenvalue weighted by Crippen LogP contribution is 2.12. The van der Waals surface area contributed by atoms with E-state index in [9.17, 15) is 10.0 Å². The molecule has 0 spiro atoms. The standard InChI is InChI=1S/C9H11BN2O2/c1-6-3-8(10(13)14)7-5-11-12(2)9(7)4-6/h3-5,13-14H,1-2H3. The summed E-state index contributed by atoms with van der Waals surface area (Å²) < 4.78 is 1.72. The highest BCUT2D eigenvalue weighted by Gasteiger charge is 2.16. The topological polar surface area (TPSA) is 58.3 Å². The number of rotatable bonds is 1. The van der Waals surface area contributed by atoms with Crippen molar-refractivity contribution in [2.75, 3.05) is 0 Å². The summed E-state index contributed by atoms with van der Waals surface area (Å²) in [5.41, 5.74) is 2.41. The van der Waals surface area contributed by atoms with Crippen LogP contribution in [0.25, 0.3) is 10.9 Å². The van der Waals surface area contributed by atoms with Crippen molar-refractivity contribution in [3.8, 4) is 0 Å². The van der Waals surface area contributed by atoms with Crippen LogP contribution in [0.1, 0.15) is 5.56 Å². The third-order valence-corrected chi connectivity index (χ3v) is 2.32. The first-order chi connectivity index (χ1) is 6.59. The first-order valence-corrected chi connectivity index (χ1v) is 4.38. The van der Waals surface area contributed by atoms with Gasteiger partial charge in [-0.15, -0.1) is 0 Å². The second kappa shape index (κ2) is 3.11. The van der Waals surface area contributed by atoms with Crippen LogP contribution >= 0.6 is 0 Å². The van der Waals surface area contributed by atoms with Gasteiger partial charge in [-0.05, 0) is 24.0 Å². The van der Waals surface area contributed by atoms with E-state index < -0.39 is 7.12 Å². The van der Waals surface area contributed by atoms with E-state index in [1.165, 1.54) is 0 Å². The molecule has 2 rings (SSSR count). The minimum absolute atomic E-state index is 0.508. The fourth-order valence-corrected chi connectivity index (χ4v) is 1.63. The van der Waals surface area contributed by atoms with Gasteiger partial charge in [0.1, 0.15) is 0 Å². The Morgan fingerprint density at radius 1 is 1.36 bits per heavy atom. The molecule has 0 saturated carbocycles. The first-order valence-electron chi connectivity index (χ1n) is 4.38. The van der Waals surface area contributed by atoms with Gasteiger partial charge in [-0.3, -0.25) is 4.68 Å². The highest BCUT2D eigenvalue weighted by molar-refractivity contribution is 6.61. The van der Waals surface area contributed by atoms with E-state index in [1.54, 1.807) is 16.9 Å². The van der Waals surface area contributed by atoms with E-state index in [4.69, 9.17) is 0 Å². The second-order valence-electron chi connectivity index (χ2n) is 3.43. The fourth-order valence-electron chi connectivity index (χ4n) is 1.63. The lowest BCUT2D eigenvalue weighted by Crippen LogP contribution is -2.30. The number of hydrogen-bond donors (Lipinski definition) is 2. The zero-order valence-corrected chi connectivity index (χ0v) is 8.10. The molecule has 72 valence electrons. The van der Waals surface area contributed by atoms with E-state index in [0.717, 1.165) is 16.5 Å². The monoisotopic (exact) mass is 190 g/mol. The molecular weight excluding hydrogens is 179 g/mol. The normalized spacial score (nSPS) is 10.9. The van der Waals surface area contributed by atoms with Gasteiger partial charge in [0.2, 0.25) is 0 Å². The van der Waals surface area contributed by atoms with Crippen molar-refractivity contribution < 1.29 is 10.0 Å². The van der Waals surface area contributed by atoms with Gasteiger partial charge in [-0.25, -0.2) is 0 Å². The van der Waals surface area contributed by atoms with Gasteiger partial charge in [0.15, 0.2) is 0 Å². The first kappa shape index (κ1) is 9.24. The Balaban J connectivity index is 2.82. The second-order valence-corrected chi connectivity index (χ2v) is 3.43. The van der Waals surface area contributed by atoms with Crippen molar-refractivity contribution in [2.45, 2.75) is 6.92 Å². The molecule has 2 aromatic rings. The number of benzene rings is 1. The van der Waals surface area contributed by atoms with Crippen LogP contribution in [0.3, 0.4) is 0 Å². The summed E-state index contributed by atoms with van der Waals surface area (Å²) in [7, 11) is 0.386. The third-order valence-electron chi connectivity index (χ3n) is 2.32. The zero-order valence-electron chi connectivity index (χ0n) is 8.10. The lowest BCUT2D eigenvalue weighted by Gasteiger charge is -2.03. The van der Waals surface area contributed by atoms with E-state index in [1.807, 2.05) is 20.0 Å². The summed E-state index contributed by atoms with van der Waals surface area (Å²) in [6.45, 7) is 1.92. The van der Waals surface area contributed by atoms with Crippen LogP contribution in [0.5, 0.6) is 0 Å². The van der Waals surface area contributed by atoms with Crippen LogP contribution in [0.4, 0.5) is 0 Å². The largest absolute Gasteiger partial charge is 0.489 e. The van der Waals surface area contributed by atoms with E-state index in [0.29, 0.717) is 5.46 Å². The number of fused-ring (bicyclic) bond motifs is 1. The molecule has 14 heavy (non-hydrogen) atoms. The van der Waals surface area contributed by atoms with Gasteiger partial charge < -0.3 is 10.0 Å². The Bertz CT molecular complexity index is 479. The molecule has 0 fully saturated rings. The minimum Gasteiger partial charge on any atom is -0.423 e. The van der Waals surface area contributed by atoms with Crippen LogP contribution in [-0.2, 0) is 7.05 Å². The third kappa shape index (κ3) is 1.30. The number of aryl methyl sites for hydroxylation is 2. The molecule has 1 aromatic heterocycles. The summed E-state index contributed by atoms with van der Waals surface area (Å²) >= 11 is 0. The summed E-state index contributed by atoms with van der Waals surface area (Å²) in [4.78, 5) is 0. The lowest BCUT2D eigenvalue weighted by molar-refractivity contribution is 0.426. The van der Waals surface area contributed by atoms with E-state index in [-0.39, 0.29) is 0 Å². The molecule has 0 unspecified atom stereocenters. The molecule has 4 nitrogen and oxygen atoms in total. The quantitative estimate of drug-likeness (QED) is 0.599. The maximum absolute atomic E-state index is 9.17. The predicted molar refractivity (Wildman–Crippen MR) is 55.3 cm³/mol. The molecule has 0 radical (unpaired) electrons. The average molecular weight is 190 g/mol. The molecule has 1 heterocycles. The van der Waals surface area contributed by atoms with Crippen molar-refractivity contribution in [1.82, 2.24) is 9.78 Å². The minimum atomic E-state index is -1.44. The Morgan fingerprint density at radius 3 is 2.71 bits per heavy atom. The lowest BCUT2D eigenvalue weighted by atomic mass is 9.77. The molecule has 2 N–H and O–H groups in total. The fraction of sp³-hybridized carbons (Fsp3) is 0.222. The molecule has 0 saturated heterocycles. The maximum atomic E-state index is 9.17. The average Bonchev–Trinajstić information content (AvgIpc) is 2.47. The Labute approximate surface area is 81.9 Å². The smallest absolute Gasteiger partial charge is 0.423 e. The number of aromatic nitrogens is 2. The molecule has 0 aliphatic heterocycles. The summed E-state index contributed by atoms with van der Waals surface area (Å²) in [5, 5.41) is 23.2. The van der Waals surface area contributed by atoms with Crippen molar-refractivity contribution in [2.24, 2.45) is 7.05 Å². The number of hydrogen-bond acceptors (Lipinski definition) is 3. The number of nitrogens with zero attached hydrogens (tertiary/aromatic N) is 2. The van der Waals surface area contributed by atoms with Gasteiger partial charge in [0, 0.05) is 12.4 Å². The SMILES string of the molecule is Cc1cc(B(O)O)c2cnn(C)c2c1. The summed E-state index contributed by atoms with van der Waals surface area (Å²) in [5.74, 6) is 0. The van der Waals surface area contributed by atoms with Crippen LogP contribution in [0.15, 0.2) is 18.3 Å². The van der Waals surface area contributed by atoms with Crippen molar-refractivity contribution >= 4 is 23.5 Å². The van der Waals surface area contributed by atoms with Gasteiger partial charge in [-0.1, -0.05) is 6.07 Å². The van der Waals surface area contributed by atoms with Gasteiger partial charge in [0.05, 0.1) is 11.7 Å². The molecule has 0 atom stereocenters. The molecule has 1 aromatic carbocycles. The maximum Gasteiger partial charge on any atom is 0.489 e. The van der Waals surface area contributed by atoms with Gasteiger partial charge in [0.25, 0.3) is 0 Å². The molecule has 0 amide bonds. The molecular formula is C9H11BN2O2. The van der Waals surface area contributed by atoms with Crippen LogP contribution in [0, 0.1) is 6.92 Å². The zero-order chi connectivity index (χ0) is 10.3. The van der Waals surface area contributed by atoms with Crippen molar-refractivity contribution in [1.29, 1.82) is 0 Å². The summed E-state index contributed by atoms with van der Waals surface area (Å²) in [6.07, 6.45) is 1.64. The van der Waals surface area contributed by atoms with Crippen LogP contribution in [-0.4, -0.2) is 26.9 Å². The summed E-state index contributed by atoms with van der Waals surface area (Å²) in [6, 6.07) is 3.73. The van der Waals surface area contributed by atoms with E-state index >= 15 is 0 Å². The van der Waals surface area contributed by atoms with Gasteiger partial charge in [-0.2, -0.15) is 5.10 Å². The van der Waals surface area contributed by atoms with E-state index in [2.05, 4.69) is 5.10 Å².